The first-order valence-electron chi connectivity index (χ1n) is 7.06. The van der Waals surface area contributed by atoms with E-state index in [1.54, 1.807) is 6.92 Å². The third-order valence-corrected chi connectivity index (χ3v) is 4.23. The molecule has 1 fully saturated rings. The van der Waals surface area contributed by atoms with E-state index >= 15 is 0 Å². The van der Waals surface area contributed by atoms with Gasteiger partial charge in [0.25, 0.3) is 0 Å². The molecular formula is C16H22BrNO. The van der Waals surface area contributed by atoms with Crippen molar-refractivity contribution in [2.24, 2.45) is 5.92 Å². The number of carbonyl (C=O) groups excluding carboxylic acids is 1. The highest BCUT2D eigenvalue weighted by atomic mass is 79.9. The van der Waals surface area contributed by atoms with Gasteiger partial charge in [-0.05, 0) is 66.2 Å². The molecule has 1 aliphatic rings. The Balaban J connectivity index is 2.19. The molecule has 0 spiro atoms. The fraction of sp³-hybridized carbons (Fsp3) is 0.562. The minimum absolute atomic E-state index is 0.118. The summed E-state index contributed by atoms with van der Waals surface area (Å²) in [5.74, 6) is 0.837. The first-order chi connectivity index (χ1) is 8.99. The second-order valence-electron chi connectivity index (χ2n) is 5.83. The molecule has 2 rings (SSSR count). The molecule has 0 heterocycles. The zero-order valence-corrected chi connectivity index (χ0v) is 13.5. The quantitative estimate of drug-likeness (QED) is 0.709. The minimum Gasteiger partial charge on any atom is -0.368 e. The van der Waals surface area contributed by atoms with Gasteiger partial charge >= 0.3 is 0 Å². The average molecular weight is 324 g/mol. The van der Waals surface area contributed by atoms with Crippen molar-refractivity contribution in [3.8, 4) is 0 Å². The summed E-state index contributed by atoms with van der Waals surface area (Å²) in [5.41, 5.74) is 2.00. The summed E-state index contributed by atoms with van der Waals surface area (Å²) in [6, 6.07) is 6.66. The molecule has 0 atom stereocenters. The summed E-state index contributed by atoms with van der Waals surface area (Å²) in [5, 5.41) is 0. The molecule has 3 heteroatoms. The lowest BCUT2D eigenvalue weighted by Crippen LogP contribution is -2.28. The fourth-order valence-electron chi connectivity index (χ4n) is 2.24. The van der Waals surface area contributed by atoms with Gasteiger partial charge in [-0.2, -0.15) is 0 Å². The highest BCUT2D eigenvalue weighted by Crippen LogP contribution is 2.36. The van der Waals surface area contributed by atoms with Gasteiger partial charge in [0.1, 0.15) is 0 Å². The van der Waals surface area contributed by atoms with E-state index in [0.717, 1.165) is 22.5 Å². The van der Waals surface area contributed by atoms with Gasteiger partial charge in [-0.25, -0.2) is 0 Å². The van der Waals surface area contributed by atoms with Crippen molar-refractivity contribution in [1.29, 1.82) is 0 Å². The molecule has 1 aromatic rings. The molecule has 0 saturated heterocycles. The summed E-state index contributed by atoms with van der Waals surface area (Å²) in [4.78, 5) is 13.9. The van der Waals surface area contributed by atoms with Crippen LogP contribution in [0.2, 0.25) is 0 Å². The highest BCUT2D eigenvalue weighted by molar-refractivity contribution is 9.10. The van der Waals surface area contributed by atoms with E-state index in [0.29, 0.717) is 6.04 Å². The van der Waals surface area contributed by atoms with Crippen molar-refractivity contribution >= 4 is 27.4 Å². The van der Waals surface area contributed by atoms with Crippen LogP contribution < -0.4 is 4.90 Å². The van der Waals surface area contributed by atoms with Crippen molar-refractivity contribution < 1.29 is 4.79 Å². The molecule has 0 bridgehead atoms. The van der Waals surface area contributed by atoms with Crippen LogP contribution in [0.1, 0.15) is 50.4 Å². The van der Waals surface area contributed by atoms with E-state index in [2.05, 4.69) is 40.7 Å². The van der Waals surface area contributed by atoms with Crippen molar-refractivity contribution in [3.05, 3.63) is 28.2 Å². The van der Waals surface area contributed by atoms with Crippen LogP contribution in [0.25, 0.3) is 0 Å². The zero-order chi connectivity index (χ0) is 14.0. The number of halogens is 1. The Kier molecular flexibility index (Phi) is 4.67. The number of anilines is 1. The molecule has 0 aromatic heterocycles. The van der Waals surface area contributed by atoms with Crippen LogP contribution in [0.4, 0.5) is 5.69 Å². The Morgan fingerprint density at radius 1 is 1.42 bits per heavy atom. The Morgan fingerprint density at radius 3 is 2.58 bits per heavy atom. The molecule has 19 heavy (non-hydrogen) atoms. The lowest BCUT2D eigenvalue weighted by molar-refractivity contribution is 0.101. The van der Waals surface area contributed by atoms with Gasteiger partial charge in [-0.1, -0.05) is 13.8 Å². The van der Waals surface area contributed by atoms with Gasteiger partial charge < -0.3 is 4.90 Å². The number of carbonyl (C=O) groups is 1. The monoisotopic (exact) mass is 323 g/mol. The molecule has 0 aliphatic heterocycles. The first kappa shape index (κ1) is 14.6. The van der Waals surface area contributed by atoms with Crippen LogP contribution in [-0.2, 0) is 0 Å². The Bertz CT molecular complexity index is 466. The molecule has 0 radical (unpaired) electrons. The minimum atomic E-state index is 0.118. The Labute approximate surface area is 124 Å². The summed E-state index contributed by atoms with van der Waals surface area (Å²) in [6.45, 7) is 7.23. The maximum Gasteiger partial charge on any atom is 0.159 e. The lowest BCUT2D eigenvalue weighted by atomic mass is 10.1. The normalized spacial score (nSPS) is 14.8. The second-order valence-corrected chi connectivity index (χ2v) is 6.68. The van der Waals surface area contributed by atoms with Crippen molar-refractivity contribution in [1.82, 2.24) is 0 Å². The fourth-order valence-corrected chi connectivity index (χ4v) is 2.85. The van der Waals surface area contributed by atoms with Crippen LogP contribution in [0.15, 0.2) is 22.7 Å². The molecule has 0 N–H and O–H groups in total. The number of hydrogen-bond acceptors (Lipinski definition) is 2. The number of hydrogen-bond donors (Lipinski definition) is 0. The number of Topliss-reactive ketones (excluding diaryl/α,β-unsaturated/α-hetero) is 1. The van der Waals surface area contributed by atoms with Gasteiger partial charge in [0.05, 0.1) is 5.69 Å². The predicted octanol–water partition coefficient (Wildman–Crippen LogP) is 4.67. The van der Waals surface area contributed by atoms with Crippen molar-refractivity contribution in [3.63, 3.8) is 0 Å². The van der Waals surface area contributed by atoms with Gasteiger partial charge in [-0.15, -0.1) is 0 Å². The van der Waals surface area contributed by atoms with E-state index in [1.807, 2.05) is 12.1 Å². The van der Waals surface area contributed by atoms with Crippen molar-refractivity contribution in [2.45, 2.75) is 46.1 Å². The smallest absolute Gasteiger partial charge is 0.159 e. The van der Waals surface area contributed by atoms with E-state index in [9.17, 15) is 4.79 Å². The molecule has 0 unspecified atom stereocenters. The molecule has 104 valence electrons. The van der Waals surface area contributed by atoms with Crippen LogP contribution in [0, 0.1) is 5.92 Å². The predicted molar refractivity (Wildman–Crippen MR) is 84.0 cm³/mol. The Hall–Kier alpha value is -0.830. The number of rotatable bonds is 6. The molecule has 1 aliphatic carbocycles. The van der Waals surface area contributed by atoms with E-state index < -0.39 is 0 Å². The van der Waals surface area contributed by atoms with Crippen LogP contribution >= 0.6 is 15.9 Å². The largest absolute Gasteiger partial charge is 0.368 e. The number of benzene rings is 1. The standard InChI is InChI=1S/C16H22BrNO/c1-11(2)8-9-18(14-5-6-14)16-7-4-13(12(3)19)10-15(16)17/h4,7,10-11,14H,5-6,8-9H2,1-3H3. The second kappa shape index (κ2) is 6.08. The lowest BCUT2D eigenvalue weighted by Gasteiger charge is -2.27. The SMILES string of the molecule is CC(=O)c1ccc(N(CCC(C)C)C2CC2)c(Br)c1. The summed E-state index contributed by atoms with van der Waals surface area (Å²) in [7, 11) is 0. The summed E-state index contributed by atoms with van der Waals surface area (Å²) >= 11 is 3.63. The maximum atomic E-state index is 11.4. The molecular weight excluding hydrogens is 302 g/mol. The topological polar surface area (TPSA) is 20.3 Å². The summed E-state index contributed by atoms with van der Waals surface area (Å²) < 4.78 is 1.04. The molecule has 0 amide bonds. The average Bonchev–Trinajstić information content (AvgIpc) is 3.14. The van der Waals surface area contributed by atoms with Gasteiger partial charge in [0.2, 0.25) is 0 Å². The van der Waals surface area contributed by atoms with Gasteiger partial charge in [-0.3, -0.25) is 4.79 Å². The van der Waals surface area contributed by atoms with Crippen LogP contribution in [-0.4, -0.2) is 18.4 Å². The highest BCUT2D eigenvalue weighted by Gasteiger charge is 2.30. The maximum absolute atomic E-state index is 11.4. The van der Waals surface area contributed by atoms with E-state index in [4.69, 9.17) is 0 Å². The van der Waals surface area contributed by atoms with Crippen LogP contribution in [0.3, 0.4) is 0 Å². The Morgan fingerprint density at radius 2 is 2.11 bits per heavy atom. The molecule has 1 aromatic carbocycles. The zero-order valence-electron chi connectivity index (χ0n) is 11.9. The van der Waals surface area contributed by atoms with Crippen molar-refractivity contribution in [2.75, 3.05) is 11.4 Å². The summed E-state index contributed by atoms with van der Waals surface area (Å²) in [6.07, 6.45) is 3.79. The number of nitrogens with zero attached hydrogens (tertiary/aromatic N) is 1. The van der Waals surface area contributed by atoms with E-state index in [-0.39, 0.29) is 5.78 Å². The third kappa shape index (κ3) is 3.82. The van der Waals surface area contributed by atoms with Gasteiger partial charge in [0.15, 0.2) is 5.78 Å². The number of ketones is 1. The first-order valence-corrected chi connectivity index (χ1v) is 7.85. The molecule has 1 saturated carbocycles. The van der Waals surface area contributed by atoms with Gasteiger partial charge in [0, 0.05) is 22.6 Å². The molecule has 2 nitrogen and oxygen atoms in total. The van der Waals surface area contributed by atoms with E-state index in [1.165, 1.54) is 24.9 Å². The third-order valence-electron chi connectivity index (χ3n) is 3.60. The van der Waals surface area contributed by atoms with Crippen LogP contribution in [0.5, 0.6) is 0 Å².